The second-order valence-corrected chi connectivity index (χ2v) is 7.21. The Morgan fingerprint density at radius 1 is 1.29 bits per heavy atom. The fourth-order valence-corrected chi connectivity index (χ4v) is 4.05. The van der Waals surface area contributed by atoms with Gasteiger partial charge in [-0.25, -0.2) is 13.2 Å². The molecule has 1 aromatic carbocycles. The molecule has 1 aromatic rings. The molecule has 114 valence electrons. The van der Waals surface area contributed by atoms with Crippen LogP contribution in [0.5, 0.6) is 0 Å². The Hall–Kier alpha value is -1.89. The average molecular weight is 311 g/mol. The number of methoxy groups -OCH3 is 1. The lowest BCUT2D eigenvalue weighted by molar-refractivity contribution is -0.119. The number of carbonyl (C=O) groups is 2. The molecule has 1 N–H and O–H groups in total. The van der Waals surface area contributed by atoms with Crippen LogP contribution in [0.25, 0.3) is 0 Å². The first kappa shape index (κ1) is 15.5. The van der Waals surface area contributed by atoms with Gasteiger partial charge in [-0.05, 0) is 25.0 Å². The molecule has 1 fully saturated rings. The quantitative estimate of drug-likeness (QED) is 0.848. The zero-order chi connectivity index (χ0) is 15.5. The van der Waals surface area contributed by atoms with E-state index in [1.54, 1.807) is 24.3 Å². The summed E-state index contributed by atoms with van der Waals surface area (Å²) in [6.45, 7) is 0. The van der Waals surface area contributed by atoms with Crippen LogP contribution >= 0.6 is 0 Å². The molecule has 1 atom stereocenters. The minimum Gasteiger partial charge on any atom is -0.465 e. The van der Waals surface area contributed by atoms with Crippen LogP contribution in [-0.4, -0.2) is 38.9 Å². The fourth-order valence-electron chi connectivity index (χ4n) is 2.34. The zero-order valence-corrected chi connectivity index (χ0v) is 12.5. The fraction of sp³-hybridized carbons (Fsp3) is 0.429. The molecule has 1 aliphatic rings. The SMILES string of the molecule is COC(=O)c1ccccc1NC(=O)C1CCCS(=O)(=O)C1. The van der Waals surface area contributed by atoms with Gasteiger partial charge < -0.3 is 10.1 Å². The molecule has 0 bridgehead atoms. The van der Waals surface area contributed by atoms with Gasteiger partial charge in [-0.2, -0.15) is 0 Å². The number of ether oxygens (including phenoxy) is 1. The summed E-state index contributed by atoms with van der Waals surface area (Å²) in [7, 11) is -1.89. The second-order valence-electron chi connectivity index (χ2n) is 4.98. The first-order valence-electron chi connectivity index (χ1n) is 6.61. The Bertz CT molecular complexity index is 653. The van der Waals surface area contributed by atoms with E-state index >= 15 is 0 Å². The molecular formula is C14H17NO5S. The van der Waals surface area contributed by atoms with Crippen molar-refractivity contribution in [1.82, 2.24) is 0 Å². The van der Waals surface area contributed by atoms with Crippen LogP contribution in [0.15, 0.2) is 24.3 Å². The van der Waals surface area contributed by atoms with E-state index in [4.69, 9.17) is 0 Å². The Labute approximate surface area is 123 Å². The van der Waals surface area contributed by atoms with Crippen molar-refractivity contribution in [3.63, 3.8) is 0 Å². The van der Waals surface area contributed by atoms with Crippen molar-refractivity contribution in [2.45, 2.75) is 12.8 Å². The number of benzene rings is 1. The molecule has 2 rings (SSSR count). The largest absolute Gasteiger partial charge is 0.465 e. The summed E-state index contributed by atoms with van der Waals surface area (Å²) in [5, 5.41) is 2.63. The highest BCUT2D eigenvalue weighted by atomic mass is 32.2. The monoisotopic (exact) mass is 311 g/mol. The number of carbonyl (C=O) groups excluding carboxylic acids is 2. The van der Waals surface area contributed by atoms with Gasteiger partial charge in [-0.1, -0.05) is 12.1 Å². The molecule has 1 saturated heterocycles. The maximum Gasteiger partial charge on any atom is 0.339 e. The Morgan fingerprint density at radius 2 is 2.00 bits per heavy atom. The number of para-hydroxylation sites is 1. The van der Waals surface area contributed by atoms with Crippen LogP contribution in [0.4, 0.5) is 5.69 Å². The van der Waals surface area contributed by atoms with Crippen LogP contribution < -0.4 is 5.32 Å². The van der Waals surface area contributed by atoms with E-state index in [0.29, 0.717) is 18.5 Å². The smallest absolute Gasteiger partial charge is 0.339 e. The third-order valence-electron chi connectivity index (χ3n) is 3.42. The number of esters is 1. The first-order valence-corrected chi connectivity index (χ1v) is 8.44. The molecule has 1 amide bonds. The van der Waals surface area contributed by atoms with E-state index < -0.39 is 21.7 Å². The Kier molecular flexibility index (Phi) is 4.62. The van der Waals surface area contributed by atoms with Crippen molar-refractivity contribution in [2.24, 2.45) is 5.92 Å². The van der Waals surface area contributed by atoms with Gasteiger partial charge in [-0.15, -0.1) is 0 Å². The summed E-state index contributed by atoms with van der Waals surface area (Å²) in [4.78, 5) is 23.8. The van der Waals surface area contributed by atoms with Crippen LogP contribution in [0.1, 0.15) is 23.2 Å². The van der Waals surface area contributed by atoms with E-state index in [9.17, 15) is 18.0 Å². The highest BCUT2D eigenvalue weighted by Crippen LogP contribution is 2.22. The van der Waals surface area contributed by atoms with Crippen molar-refractivity contribution in [2.75, 3.05) is 23.9 Å². The maximum atomic E-state index is 12.2. The van der Waals surface area contributed by atoms with Crippen LogP contribution in [-0.2, 0) is 19.4 Å². The summed E-state index contributed by atoms with van der Waals surface area (Å²) < 4.78 is 27.8. The first-order chi connectivity index (χ1) is 9.93. The Morgan fingerprint density at radius 3 is 2.67 bits per heavy atom. The zero-order valence-electron chi connectivity index (χ0n) is 11.7. The van der Waals surface area contributed by atoms with Gasteiger partial charge in [0, 0.05) is 0 Å². The van der Waals surface area contributed by atoms with E-state index in [1.165, 1.54) is 7.11 Å². The molecule has 0 saturated carbocycles. The lowest BCUT2D eigenvalue weighted by Gasteiger charge is -2.21. The summed E-state index contributed by atoms with van der Waals surface area (Å²) in [5.74, 6) is -1.51. The number of hydrogen-bond acceptors (Lipinski definition) is 5. The number of amides is 1. The molecule has 0 aromatic heterocycles. The molecule has 0 radical (unpaired) electrons. The predicted octanol–water partition coefficient (Wildman–Crippen LogP) is 1.24. The lowest BCUT2D eigenvalue weighted by atomic mass is 10.0. The number of hydrogen-bond donors (Lipinski definition) is 1. The second kappa shape index (κ2) is 6.26. The average Bonchev–Trinajstić information content (AvgIpc) is 2.46. The number of rotatable bonds is 3. The standard InChI is InChI=1S/C14H17NO5S/c1-20-14(17)11-6-2-3-7-12(11)15-13(16)10-5-4-8-21(18,19)9-10/h2-3,6-7,10H,4-5,8-9H2,1H3,(H,15,16). The molecule has 0 aliphatic carbocycles. The van der Waals surface area contributed by atoms with Crippen molar-refractivity contribution in [3.05, 3.63) is 29.8 Å². The molecule has 6 nitrogen and oxygen atoms in total. The van der Waals surface area contributed by atoms with Gasteiger partial charge in [-0.3, -0.25) is 4.79 Å². The van der Waals surface area contributed by atoms with Gasteiger partial charge in [0.2, 0.25) is 5.91 Å². The van der Waals surface area contributed by atoms with E-state index in [1.807, 2.05) is 0 Å². The topological polar surface area (TPSA) is 89.5 Å². The minimum absolute atomic E-state index is 0.134. The van der Waals surface area contributed by atoms with Crippen molar-refractivity contribution in [3.8, 4) is 0 Å². The molecule has 0 spiro atoms. The number of nitrogens with one attached hydrogen (secondary N) is 1. The van der Waals surface area contributed by atoms with E-state index in [2.05, 4.69) is 10.1 Å². The molecule has 1 aliphatic heterocycles. The number of sulfone groups is 1. The van der Waals surface area contributed by atoms with E-state index in [-0.39, 0.29) is 23.0 Å². The molecule has 1 unspecified atom stereocenters. The minimum atomic E-state index is -3.15. The third-order valence-corrected chi connectivity index (χ3v) is 5.24. The summed E-state index contributed by atoms with van der Waals surface area (Å²) in [5.41, 5.74) is 0.573. The summed E-state index contributed by atoms with van der Waals surface area (Å²) in [6, 6.07) is 6.47. The summed E-state index contributed by atoms with van der Waals surface area (Å²) >= 11 is 0. The van der Waals surface area contributed by atoms with Gasteiger partial charge in [0.05, 0.1) is 35.8 Å². The predicted molar refractivity (Wildman–Crippen MR) is 77.8 cm³/mol. The van der Waals surface area contributed by atoms with Crippen molar-refractivity contribution < 1.29 is 22.7 Å². The van der Waals surface area contributed by atoms with Crippen LogP contribution in [0, 0.1) is 5.92 Å². The normalized spacial score (nSPS) is 20.5. The highest BCUT2D eigenvalue weighted by Gasteiger charge is 2.30. The highest BCUT2D eigenvalue weighted by molar-refractivity contribution is 7.91. The van der Waals surface area contributed by atoms with Crippen molar-refractivity contribution in [1.29, 1.82) is 0 Å². The lowest BCUT2D eigenvalue weighted by Crippen LogP contribution is -2.34. The Balaban J connectivity index is 2.15. The molecular weight excluding hydrogens is 294 g/mol. The maximum absolute atomic E-state index is 12.2. The van der Waals surface area contributed by atoms with Crippen LogP contribution in [0.2, 0.25) is 0 Å². The van der Waals surface area contributed by atoms with Gasteiger partial charge >= 0.3 is 5.97 Å². The summed E-state index contributed by atoms with van der Waals surface area (Å²) in [6.07, 6.45) is 1.02. The molecule has 1 heterocycles. The van der Waals surface area contributed by atoms with Gasteiger partial charge in [0.25, 0.3) is 0 Å². The molecule has 7 heteroatoms. The number of anilines is 1. The van der Waals surface area contributed by atoms with Crippen molar-refractivity contribution >= 4 is 27.4 Å². The molecule has 21 heavy (non-hydrogen) atoms. The van der Waals surface area contributed by atoms with Crippen LogP contribution in [0.3, 0.4) is 0 Å². The van der Waals surface area contributed by atoms with Gasteiger partial charge in [0.15, 0.2) is 9.84 Å². The van der Waals surface area contributed by atoms with E-state index in [0.717, 1.165) is 0 Å². The third kappa shape index (κ3) is 3.81. The van der Waals surface area contributed by atoms with Gasteiger partial charge in [0.1, 0.15) is 0 Å².